The lowest BCUT2D eigenvalue weighted by Gasteiger charge is -2.59. The lowest BCUT2D eigenvalue weighted by Crippen LogP contribution is -2.54. The maximum Gasteiger partial charge on any atom is 0.124 e. The van der Waals surface area contributed by atoms with Crippen molar-refractivity contribution in [2.24, 2.45) is 23.2 Å². The van der Waals surface area contributed by atoms with Crippen molar-refractivity contribution < 1.29 is 4.74 Å². The number of halogens is 2. The van der Waals surface area contributed by atoms with Gasteiger partial charge in [-0.05, 0) is 92.9 Å². The molecule has 0 radical (unpaired) electrons. The van der Waals surface area contributed by atoms with Crippen LogP contribution in [0, 0.1) is 23.2 Å². The highest BCUT2D eigenvalue weighted by Crippen LogP contribution is 2.61. The maximum absolute atomic E-state index is 6.33. The van der Waals surface area contributed by atoms with Gasteiger partial charge in [0.05, 0.1) is 0 Å². The summed E-state index contributed by atoms with van der Waals surface area (Å²) in [7, 11) is 0. The zero-order valence-electron chi connectivity index (χ0n) is 17.7. The number of hydrogen-bond donors (Lipinski definition) is 1. The third-order valence-corrected chi connectivity index (χ3v) is 8.57. The van der Waals surface area contributed by atoms with Gasteiger partial charge in [0.15, 0.2) is 0 Å². The number of ether oxygens (including phenoxy) is 1. The van der Waals surface area contributed by atoms with Crippen molar-refractivity contribution in [3.8, 4) is 5.75 Å². The van der Waals surface area contributed by atoms with Crippen molar-refractivity contribution in [2.75, 3.05) is 0 Å². The van der Waals surface area contributed by atoms with Crippen molar-refractivity contribution in [1.29, 1.82) is 0 Å². The first kappa shape index (κ1) is 20.7. The minimum absolute atomic E-state index is 0.457. The van der Waals surface area contributed by atoms with E-state index in [0.717, 1.165) is 51.2 Å². The van der Waals surface area contributed by atoms with Gasteiger partial charge in [-0.15, -0.1) is 0 Å². The van der Waals surface area contributed by atoms with E-state index in [1.165, 1.54) is 38.5 Å². The van der Waals surface area contributed by atoms with E-state index in [9.17, 15) is 0 Å². The average Bonchev–Trinajstić information content (AvgIpc) is 2.71. The fourth-order valence-electron chi connectivity index (χ4n) is 6.79. The smallest absolute Gasteiger partial charge is 0.124 e. The van der Waals surface area contributed by atoms with E-state index in [-0.39, 0.29) is 0 Å². The zero-order chi connectivity index (χ0) is 20.7. The maximum atomic E-state index is 6.33. The van der Waals surface area contributed by atoms with Gasteiger partial charge in [0.1, 0.15) is 12.4 Å². The summed E-state index contributed by atoms with van der Waals surface area (Å²) in [6.07, 6.45) is 8.70. The molecule has 4 heteroatoms. The molecule has 4 saturated carbocycles. The van der Waals surface area contributed by atoms with Crippen LogP contribution in [0.5, 0.6) is 5.75 Å². The van der Waals surface area contributed by atoms with E-state index in [4.69, 9.17) is 27.9 Å². The Morgan fingerprint density at radius 3 is 2.30 bits per heavy atom. The standard InChI is InChI=1S/C26H31Cl2NO/c1-17(26-12-18-8-19(13-26)10-20(9-18)14-26)29-15-22-11-23(27)6-7-25(22)30-16-21-4-2-3-5-24(21)28/h2-7,11,17-20,29H,8-10,12-16H2,1H3/t17-,18?,19?,20?,26?/m0/s1. The number of nitrogens with one attached hydrogen (secondary N) is 1. The van der Waals surface area contributed by atoms with Crippen molar-refractivity contribution in [3.05, 3.63) is 63.6 Å². The molecule has 0 aliphatic heterocycles. The molecular formula is C26H31Cl2NO. The Labute approximate surface area is 190 Å². The van der Waals surface area contributed by atoms with Gasteiger partial charge in [0, 0.05) is 33.8 Å². The van der Waals surface area contributed by atoms with Crippen LogP contribution in [0.25, 0.3) is 0 Å². The Hall–Kier alpha value is -1.22. The Kier molecular flexibility index (Phi) is 5.77. The van der Waals surface area contributed by atoms with Gasteiger partial charge in [-0.3, -0.25) is 0 Å². The summed E-state index contributed by atoms with van der Waals surface area (Å²) in [5, 5.41) is 5.36. The molecule has 2 aromatic rings. The monoisotopic (exact) mass is 443 g/mol. The quantitative estimate of drug-likeness (QED) is 0.485. The molecule has 160 valence electrons. The second-order valence-corrected chi connectivity index (χ2v) is 10.9. The van der Waals surface area contributed by atoms with Crippen LogP contribution in [-0.2, 0) is 13.2 Å². The molecule has 30 heavy (non-hydrogen) atoms. The second-order valence-electron chi connectivity index (χ2n) is 10.0. The first-order chi connectivity index (χ1) is 14.5. The molecule has 0 saturated heterocycles. The topological polar surface area (TPSA) is 21.3 Å². The van der Waals surface area contributed by atoms with E-state index in [2.05, 4.69) is 12.2 Å². The average molecular weight is 444 g/mol. The minimum atomic E-state index is 0.457. The Morgan fingerprint density at radius 1 is 0.967 bits per heavy atom. The lowest BCUT2D eigenvalue weighted by atomic mass is 9.48. The number of rotatable bonds is 7. The predicted molar refractivity (Wildman–Crippen MR) is 124 cm³/mol. The third kappa shape index (κ3) is 4.11. The summed E-state index contributed by atoms with van der Waals surface area (Å²) in [5.74, 6) is 3.80. The zero-order valence-corrected chi connectivity index (χ0v) is 19.2. The first-order valence-corrected chi connectivity index (χ1v) is 12.1. The van der Waals surface area contributed by atoms with Gasteiger partial charge in [0.2, 0.25) is 0 Å². The van der Waals surface area contributed by atoms with Crippen LogP contribution in [-0.4, -0.2) is 6.04 Å². The summed E-state index contributed by atoms with van der Waals surface area (Å²) < 4.78 is 6.16. The van der Waals surface area contributed by atoms with Gasteiger partial charge >= 0.3 is 0 Å². The van der Waals surface area contributed by atoms with Crippen molar-refractivity contribution >= 4 is 23.2 Å². The summed E-state index contributed by atoms with van der Waals surface area (Å²) >= 11 is 12.6. The molecule has 1 atom stereocenters. The van der Waals surface area contributed by atoms with Gasteiger partial charge in [-0.1, -0.05) is 41.4 Å². The van der Waals surface area contributed by atoms with Crippen LogP contribution >= 0.6 is 23.2 Å². The van der Waals surface area contributed by atoms with Crippen LogP contribution < -0.4 is 10.1 Å². The Bertz CT molecular complexity index is 876. The van der Waals surface area contributed by atoms with E-state index >= 15 is 0 Å². The lowest BCUT2D eigenvalue weighted by molar-refractivity contribution is -0.0706. The molecule has 2 aromatic carbocycles. The second kappa shape index (κ2) is 8.37. The summed E-state index contributed by atoms with van der Waals surface area (Å²) in [6, 6.07) is 14.3. The largest absolute Gasteiger partial charge is 0.489 e. The molecule has 0 aromatic heterocycles. The molecule has 0 amide bonds. The fraction of sp³-hybridized carbons (Fsp3) is 0.538. The highest BCUT2D eigenvalue weighted by Gasteiger charge is 2.52. The van der Waals surface area contributed by atoms with Crippen molar-refractivity contribution in [3.63, 3.8) is 0 Å². The molecule has 0 unspecified atom stereocenters. The fourth-order valence-corrected chi connectivity index (χ4v) is 7.17. The van der Waals surface area contributed by atoms with Gasteiger partial charge < -0.3 is 10.1 Å². The summed E-state index contributed by atoms with van der Waals surface area (Å²) in [6.45, 7) is 3.64. The molecule has 6 rings (SSSR count). The summed E-state index contributed by atoms with van der Waals surface area (Å²) in [4.78, 5) is 0. The third-order valence-electron chi connectivity index (χ3n) is 7.97. The van der Waals surface area contributed by atoms with Crippen molar-refractivity contribution in [2.45, 2.75) is 64.6 Å². The first-order valence-electron chi connectivity index (χ1n) is 11.4. The van der Waals surface area contributed by atoms with E-state index < -0.39 is 0 Å². The van der Waals surface area contributed by atoms with Crippen LogP contribution in [0.1, 0.15) is 56.6 Å². The van der Waals surface area contributed by atoms with Gasteiger partial charge in [-0.2, -0.15) is 0 Å². The van der Waals surface area contributed by atoms with Crippen LogP contribution in [0.15, 0.2) is 42.5 Å². The Balaban J connectivity index is 1.27. The molecule has 4 fully saturated rings. The molecule has 2 nitrogen and oxygen atoms in total. The molecule has 0 heterocycles. The summed E-state index contributed by atoms with van der Waals surface area (Å²) in [5.41, 5.74) is 2.60. The van der Waals surface area contributed by atoms with Gasteiger partial charge in [-0.25, -0.2) is 0 Å². The molecular weight excluding hydrogens is 413 g/mol. The molecule has 4 bridgehead atoms. The van der Waals surface area contributed by atoms with Crippen LogP contribution in [0.3, 0.4) is 0 Å². The molecule has 4 aliphatic carbocycles. The van der Waals surface area contributed by atoms with E-state index in [1.807, 2.05) is 42.5 Å². The normalized spacial score (nSPS) is 30.4. The van der Waals surface area contributed by atoms with Crippen LogP contribution in [0.4, 0.5) is 0 Å². The van der Waals surface area contributed by atoms with E-state index in [0.29, 0.717) is 18.1 Å². The highest BCUT2D eigenvalue weighted by atomic mass is 35.5. The van der Waals surface area contributed by atoms with Crippen molar-refractivity contribution in [1.82, 2.24) is 5.32 Å². The number of benzene rings is 2. The van der Waals surface area contributed by atoms with E-state index in [1.54, 1.807) is 0 Å². The molecule has 0 spiro atoms. The molecule has 1 N–H and O–H groups in total. The Morgan fingerprint density at radius 2 is 1.63 bits per heavy atom. The highest BCUT2D eigenvalue weighted by molar-refractivity contribution is 6.31. The van der Waals surface area contributed by atoms with Crippen LogP contribution in [0.2, 0.25) is 10.0 Å². The minimum Gasteiger partial charge on any atom is -0.489 e. The predicted octanol–water partition coefficient (Wildman–Crippen LogP) is 7.27. The van der Waals surface area contributed by atoms with Gasteiger partial charge in [0.25, 0.3) is 0 Å². The molecule has 4 aliphatic rings. The number of hydrogen-bond acceptors (Lipinski definition) is 2. The SMILES string of the molecule is C[C@H](NCc1cc(Cl)ccc1OCc1ccccc1Cl)C12CC3CC(CC(C3)C1)C2.